The molecule has 0 aliphatic carbocycles. The van der Waals surface area contributed by atoms with E-state index in [4.69, 9.17) is 0 Å². The number of imidazole rings is 1. The largest absolute Gasteiger partial charge is 0.330 e. The van der Waals surface area contributed by atoms with Gasteiger partial charge in [0.15, 0.2) is 0 Å². The van der Waals surface area contributed by atoms with Crippen molar-refractivity contribution in [2.75, 3.05) is 0 Å². The molecule has 15 heavy (non-hydrogen) atoms. The zero-order chi connectivity index (χ0) is 10.7. The second-order valence-electron chi connectivity index (χ2n) is 3.37. The number of thiophene rings is 1. The Balaban J connectivity index is 2.19. The van der Waals surface area contributed by atoms with Crippen molar-refractivity contribution in [3.63, 3.8) is 0 Å². The van der Waals surface area contributed by atoms with Crippen LogP contribution in [0.2, 0.25) is 0 Å². The molecule has 0 saturated heterocycles. The molecule has 0 aliphatic rings. The highest BCUT2D eigenvalue weighted by Crippen LogP contribution is 2.22. The molecule has 0 N–H and O–H groups in total. The van der Waals surface area contributed by atoms with Gasteiger partial charge in [-0.15, -0.1) is 11.3 Å². The van der Waals surface area contributed by atoms with Crippen molar-refractivity contribution >= 4 is 17.1 Å². The summed E-state index contributed by atoms with van der Waals surface area (Å²) in [6.45, 7) is 2.32. The van der Waals surface area contributed by atoms with Gasteiger partial charge in [0.2, 0.25) is 0 Å². The number of rotatable bonds is 4. The maximum Gasteiger partial charge on any atom is 0.149 e. The van der Waals surface area contributed by atoms with E-state index in [-0.39, 0.29) is 5.78 Å². The van der Waals surface area contributed by atoms with Crippen LogP contribution in [0.1, 0.15) is 13.3 Å². The molecule has 2 rings (SSSR count). The normalized spacial score (nSPS) is 10.5. The minimum absolute atomic E-state index is 0.209. The molecule has 0 radical (unpaired) electrons. The van der Waals surface area contributed by atoms with Crippen LogP contribution in [0.4, 0.5) is 0 Å². The Morgan fingerprint density at radius 1 is 1.60 bits per heavy atom. The second kappa shape index (κ2) is 4.40. The predicted octanol–water partition coefficient (Wildman–Crippen LogP) is 2.59. The number of hydrogen-bond acceptors (Lipinski definition) is 3. The number of ketones is 1. The molecule has 0 unspecified atom stereocenters. The fraction of sp³-hybridized carbons (Fsp3) is 0.273. The Kier molecular flexibility index (Phi) is 2.97. The SMILES string of the molecule is CC(=O)CCn1ccnc1-c1cccs1. The molecule has 2 aromatic heterocycles. The molecule has 4 heteroatoms. The maximum atomic E-state index is 10.9. The molecule has 2 heterocycles. The molecule has 0 spiro atoms. The lowest BCUT2D eigenvalue weighted by atomic mass is 10.3. The number of Topliss-reactive ketones (excluding diaryl/α,β-unsaturated/α-hetero) is 1. The third kappa shape index (κ3) is 2.33. The minimum atomic E-state index is 0.209. The van der Waals surface area contributed by atoms with E-state index in [0.29, 0.717) is 13.0 Å². The Morgan fingerprint density at radius 3 is 3.13 bits per heavy atom. The first kappa shape index (κ1) is 10.1. The van der Waals surface area contributed by atoms with E-state index < -0.39 is 0 Å². The monoisotopic (exact) mass is 220 g/mol. The van der Waals surface area contributed by atoms with Gasteiger partial charge in [-0.3, -0.25) is 4.79 Å². The van der Waals surface area contributed by atoms with Crippen LogP contribution in [-0.4, -0.2) is 15.3 Å². The van der Waals surface area contributed by atoms with E-state index in [9.17, 15) is 4.79 Å². The molecule has 78 valence electrons. The topological polar surface area (TPSA) is 34.9 Å². The van der Waals surface area contributed by atoms with Crippen LogP contribution in [0, 0.1) is 0 Å². The third-order valence-electron chi connectivity index (χ3n) is 2.16. The Morgan fingerprint density at radius 2 is 2.47 bits per heavy atom. The Bertz CT molecular complexity index is 445. The summed E-state index contributed by atoms with van der Waals surface area (Å²) in [5, 5.41) is 2.03. The van der Waals surface area contributed by atoms with Gasteiger partial charge in [0, 0.05) is 25.4 Å². The first-order valence-corrected chi connectivity index (χ1v) is 5.70. The smallest absolute Gasteiger partial charge is 0.149 e. The number of aromatic nitrogens is 2. The molecule has 0 fully saturated rings. The van der Waals surface area contributed by atoms with Gasteiger partial charge in [0.25, 0.3) is 0 Å². The standard InChI is InChI=1S/C11H12N2OS/c1-9(14)4-6-13-7-5-12-11(13)10-3-2-8-15-10/h2-3,5,7-8H,4,6H2,1H3. The van der Waals surface area contributed by atoms with E-state index in [1.807, 2.05) is 28.3 Å². The molecular weight excluding hydrogens is 208 g/mol. The number of carbonyl (C=O) groups is 1. The number of carbonyl (C=O) groups excluding carboxylic acids is 1. The Hall–Kier alpha value is -1.42. The van der Waals surface area contributed by atoms with Crippen LogP contribution in [-0.2, 0) is 11.3 Å². The molecular formula is C11H12N2OS. The highest BCUT2D eigenvalue weighted by atomic mass is 32.1. The highest BCUT2D eigenvalue weighted by Gasteiger charge is 2.06. The Labute approximate surface area is 92.4 Å². The summed E-state index contributed by atoms with van der Waals surface area (Å²) >= 11 is 1.66. The summed E-state index contributed by atoms with van der Waals surface area (Å²) < 4.78 is 2.02. The number of nitrogens with zero attached hydrogens (tertiary/aromatic N) is 2. The second-order valence-corrected chi connectivity index (χ2v) is 4.32. The van der Waals surface area contributed by atoms with Gasteiger partial charge in [-0.25, -0.2) is 4.98 Å². The lowest BCUT2D eigenvalue weighted by molar-refractivity contribution is -0.117. The van der Waals surface area contributed by atoms with Gasteiger partial charge in [-0.1, -0.05) is 6.07 Å². The van der Waals surface area contributed by atoms with Crippen LogP contribution >= 0.6 is 11.3 Å². The molecule has 0 aromatic carbocycles. The van der Waals surface area contributed by atoms with Gasteiger partial charge in [0.05, 0.1) is 4.88 Å². The molecule has 0 amide bonds. The lowest BCUT2D eigenvalue weighted by Gasteiger charge is -2.04. The van der Waals surface area contributed by atoms with Crippen molar-refractivity contribution in [1.82, 2.24) is 9.55 Å². The van der Waals surface area contributed by atoms with E-state index in [1.165, 1.54) is 0 Å². The summed E-state index contributed by atoms with van der Waals surface area (Å²) in [7, 11) is 0. The lowest BCUT2D eigenvalue weighted by Crippen LogP contribution is -2.02. The van der Waals surface area contributed by atoms with Crippen LogP contribution in [0.25, 0.3) is 10.7 Å². The number of aryl methyl sites for hydroxylation is 1. The fourth-order valence-electron chi connectivity index (χ4n) is 1.40. The third-order valence-corrected chi connectivity index (χ3v) is 3.03. The molecule has 0 atom stereocenters. The first-order valence-electron chi connectivity index (χ1n) is 4.82. The quantitative estimate of drug-likeness (QED) is 0.793. The summed E-state index contributed by atoms with van der Waals surface area (Å²) in [4.78, 5) is 16.3. The van der Waals surface area contributed by atoms with Crippen molar-refractivity contribution in [2.24, 2.45) is 0 Å². The van der Waals surface area contributed by atoms with Gasteiger partial charge in [-0.05, 0) is 18.4 Å². The van der Waals surface area contributed by atoms with Crippen LogP contribution in [0.5, 0.6) is 0 Å². The highest BCUT2D eigenvalue weighted by molar-refractivity contribution is 7.13. The van der Waals surface area contributed by atoms with Crippen molar-refractivity contribution in [3.8, 4) is 10.7 Å². The maximum absolute atomic E-state index is 10.9. The summed E-state index contributed by atoms with van der Waals surface area (Å²) in [5.41, 5.74) is 0. The average molecular weight is 220 g/mol. The fourth-order valence-corrected chi connectivity index (χ4v) is 2.13. The van der Waals surface area contributed by atoms with Crippen LogP contribution in [0.15, 0.2) is 29.9 Å². The summed E-state index contributed by atoms with van der Waals surface area (Å²) in [6, 6.07) is 4.04. The molecule has 0 aliphatic heterocycles. The van der Waals surface area contributed by atoms with Crippen LogP contribution < -0.4 is 0 Å². The van der Waals surface area contributed by atoms with Crippen molar-refractivity contribution in [2.45, 2.75) is 19.9 Å². The molecule has 3 nitrogen and oxygen atoms in total. The van der Waals surface area contributed by atoms with Gasteiger partial charge >= 0.3 is 0 Å². The summed E-state index contributed by atoms with van der Waals surface area (Å²) in [6.07, 6.45) is 4.25. The zero-order valence-corrected chi connectivity index (χ0v) is 9.33. The predicted molar refractivity (Wildman–Crippen MR) is 60.8 cm³/mol. The summed E-state index contributed by atoms with van der Waals surface area (Å²) in [5.74, 6) is 1.16. The van der Waals surface area contributed by atoms with Crippen LogP contribution in [0.3, 0.4) is 0 Å². The van der Waals surface area contributed by atoms with Gasteiger partial charge in [-0.2, -0.15) is 0 Å². The van der Waals surface area contributed by atoms with E-state index in [1.54, 1.807) is 24.5 Å². The first-order chi connectivity index (χ1) is 7.27. The van der Waals surface area contributed by atoms with E-state index in [2.05, 4.69) is 4.98 Å². The average Bonchev–Trinajstić information content (AvgIpc) is 2.85. The molecule has 0 bridgehead atoms. The van der Waals surface area contributed by atoms with E-state index in [0.717, 1.165) is 10.7 Å². The zero-order valence-electron chi connectivity index (χ0n) is 8.51. The minimum Gasteiger partial charge on any atom is -0.330 e. The number of hydrogen-bond donors (Lipinski definition) is 0. The van der Waals surface area contributed by atoms with Gasteiger partial charge in [0.1, 0.15) is 11.6 Å². The van der Waals surface area contributed by atoms with E-state index >= 15 is 0 Å². The van der Waals surface area contributed by atoms with Crippen molar-refractivity contribution in [3.05, 3.63) is 29.9 Å². The molecule has 2 aromatic rings. The van der Waals surface area contributed by atoms with Crippen molar-refractivity contribution < 1.29 is 4.79 Å². The van der Waals surface area contributed by atoms with Gasteiger partial charge < -0.3 is 4.57 Å². The van der Waals surface area contributed by atoms with Crippen molar-refractivity contribution in [1.29, 1.82) is 0 Å². The molecule has 0 saturated carbocycles.